The van der Waals surface area contributed by atoms with Crippen LogP contribution >= 0.6 is 0 Å². The SMILES string of the molecule is COCC(=O)N1CC[NH2+]C[C@H]1C(=O)N[C@H](C)C(=O)OC. The standard InChI is InChI=1S/C12H21N3O5/c1-8(12(18)20-3)14-11(17)9-6-13-4-5-15(9)10(16)7-19-2/h8-9,13H,4-7H2,1-3H3,(H,14,17)/p+1/t8-,9+/m1/s1. The first-order valence-corrected chi connectivity index (χ1v) is 6.49. The molecular formula is C12H22N3O5+. The number of rotatable bonds is 5. The third kappa shape index (κ3) is 4.17. The minimum Gasteiger partial charge on any atom is -0.467 e. The van der Waals surface area contributed by atoms with Crippen molar-refractivity contribution in [3.05, 3.63) is 0 Å². The number of methoxy groups -OCH3 is 2. The van der Waals surface area contributed by atoms with E-state index in [9.17, 15) is 14.4 Å². The summed E-state index contributed by atoms with van der Waals surface area (Å²) in [5.74, 6) is -1.11. The van der Waals surface area contributed by atoms with E-state index in [2.05, 4.69) is 10.1 Å². The van der Waals surface area contributed by atoms with Gasteiger partial charge < -0.3 is 25.0 Å². The number of quaternary nitrogens is 1. The number of nitrogens with two attached hydrogens (primary N) is 1. The van der Waals surface area contributed by atoms with Crippen molar-refractivity contribution in [1.29, 1.82) is 0 Å². The molecule has 20 heavy (non-hydrogen) atoms. The Labute approximate surface area is 117 Å². The smallest absolute Gasteiger partial charge is 0.328 e. The highest BCUT2D eigenvalue weighted by Gasteiger charge is 2.35. The van der Waals surface area contributed by atoms with Crippen molar-refractivity contribution in [1.82, 2.24) is 10.2 Å². The molecule has 0 aliphatic carbocycles. The third-order valence-corrected chi connectivity index (χ3v) is 3.14. The normalized spacial score (nSPS) is 20.1. The highest BCUT2D eigenvalue weighted by atomic mass is 16.5. The van der Waals surface area contributed by atoms with Gasteiger partial charge in [-0.1, -0.05) is 0 Å². The van der Waals surface area contributed by atoms with Crippen LogP contribution in [0.1, 0.15) is 6.92 Å². The maximum atomic E-state index is 12.2. The lowest BCUT2D eigenvalue weighted by Crippen LogP contribution is -2.93. The first kappa shape index (κ1) is 16.4. The van der Waals surface area contributed by atoms with Gasteiger partial charge in [0.1, 0.15) is 19.2 Å². The zero-order valence-corrected chi connectivity index (χ0v) is 12.0. The van der Waals surface area contributed by atoms with Crippen LogP contribution in [0.2, 0.25) is 0 Å². The largest absolute Gasteiger partial charge is 0.467 e. The van der Waals surface area contributed by atoms with Crippen molar-refractivity contribution in [2.45, 2.75) is 19.0 Å². The number of hydrogen-bond acceptors (Lipinski definition) is 5. The quantitative estimate of drug-likeness (QED) is 0.528. The fourth-order valence-corrected chi connectivity index (χ4v) is 2.09. The van der Waals surface area contributed by atoms with Gasteiger partial charge in [-0.3, -0.25) is 9.59 Å². The van der Waals surface area contributed by atoms with Gasteiger partial charge in [-0.25, -0.2) is 4.79 Å². The maximum absolute atomic E-state index is 12.2. The number of ether oxygens (including phenoxy) is 2. The maximum Gasteiger partial charge on any atom is 0.328 e. The van der Waals surface area contributed by atoms with Crippen LogP contribution in [0.25, 0.3) is 0 Å². The average Bonchev–Trinajstić information content (AvgIpc) is 2.46. The van der Waals surface area contributed by atoms with Crippen molar-refractivity contribution in [2.75, 3.05) is 40.5 Å². The van der Waals surface area contributed by atoms with Crippen LogP contribution < -0.4 is 10.6 Å². The minimum absolute atomic E-state index is 0.0592. The monoisotopic (exact) mass is 288 g/mol. The van der Waals surface area contributed by atoms with Crippen molar-refractivity contribution >= 4 is 17.8 Å². The molecule has 0 aromatic carbocycles. The Morgan fingerprint density at radius 2 is 2.10 bits per heavy atom. The highest BCUT2D eigenvalue weighted by molar-refractivity contribution is 5.91. The van der Waals surface area contributed by atoms with E-state index in [-0.39, 0.29) is 18.4 Å². The summed E-state index contributed by atoms with van der Waals surface area (Å²) in [5.41, 5.74) is 0. The molecule has 0 unspecified atom stereocenters. The predicted molar refractivity (Wildman–Crippen MR) is 68.7 cm³/mol. The van der Waals surface area contributed by atoms with E-state index in [0.717, 1.165) is 6.54 Å². The Morgan fingerprint density at radius 1 is 1.40 bits per heavy atom. The van der Waals surface area contributed by atoms with E-state index in [4.69, 9.17) is 4.74 Å². The molecule has 0 aromatic heterocycles. The molecule has 1 saturated heterocycles. The van der Waals surface area contributed by atoms with E-state index in [1.807, 2.05) is 5.32 Å². The first-order valence-electron chi connectivity index (χ1n) is 6.49. The summed E-state index contributed by atoms with van der Waals surface area (Å²) in [6, 6.07) is -1.34. The summed E-state index contributed by atoms with van der Waals surface area (Å²) in [4.78, 5) is 36.9. The molecule has 2 amide bonds. The van der Waals surface area contributed by atoms with Crippen LogP contribution in [0.5, 0.6) is 0 Å². The Balaban J connectivity index is 2.67. The number of carbonyl (C=O) groups is 3. The van der Waals surface area contributed by atoms with E-state index in [1.165, 1.54) is 26.0 Å². The van der Waals surface area contributed by atoms with Crippen LogP contribution in [0.15, 0.2) is 0 Å². The van der Waals surface area contributed by atoms with Gasteiger partial charge in [0.2, 0.25) is 11.8 Å². The Hall–Kier alpha value is -1.67. The summed E-state index contributed by atoms with van der Waals surface area (Å²) in [6.07, 6.45) is 0. The zero-order valence-electron chi connectivity index (χ0n) is 12.0. The first-order chi connectivity index (χ1) is 9.51. The van der Waals surface area contributed by atoms with Gasteiger partial charge in [0.05, 0.1) is 20.2 Å². The van der Waals surface area contributed by atoms with Crippen LogP contribution in [0.4, 0.5) is 0 Å². The number of nitrogens with one attached hydrogen (secondary N) is 1. The van der Waals surface area contributed by atoms with Gasteiger partial charge in [-0.05, 0) is 6.92 Å². The van der Waals surface area contributed by atoms with E-state index in [0.29, 0.717) is 13.1 Å². The summed E-state index contributed by atoms with van der Waals surface area (Å²) in [6.45, 7) is 3.17. The van der Waals surface area contributed by atoms with Gasteiger partial charge >= 0.3 is 5.97 Å². The molecule has 8 heteroatoms. The lowest BCUT2D eigenvalue weighted by atomic mass is 10.1. The number of carbonyl (C=O) groups excluding carboxylic acids is 3. The van der Waals surface area contributed by atoms with Crippen molar-refractivity contribution in [2.24, 2.45) is 0 Å². The van der Waals surface area contributed by atoms with Gasteiger partial charge in [-0.2, -0.15) is 0 Å². The average molecular weight is 288 g/mol. The second-order valence-electron chi connectivity index (χ2n) is 4.60. The van der Waals surface area contributed by atoms with Crippen LogP contribution in [0.3, 0.4) is 0 Å². The second-order valence-corrected chi connectivity index (χ2v) is 4.60. The van der Waals surface area contributed by atoms with Gasteiger partial charge in [-0.15, -0.1) is 0 Å². The molecule has 1 rings (SSSR count). The number of piperazine rings is 1. The van der Waals surface area contributed by atoms with E-state index < -0.39 is 18.1 Å². The fraction of sp³-hybridized carbons (Fsp3) is 0.750. The molecule has 3 N–H and O–H groups in total. The second kappa shape index (κ2) is 7.81. The number of esters is 1. The number of nitrogens with zero attached hydrogens (tertiary/aromatic N) is 1. The van der Waals surface area contributed by atoms with Crippen molar-refractivity contribution in [3.8, 4) is 0 Å². The van der Waals surface area contributed by atoms with Gasteiger partial charge in [0.25, 0.3) is 0 Å². The highest BCUT2D eigenvalue weighted by Crippen LogP contribution is 2.03. The molecule has 0 spiro atoms. The Bertz CT molecular complexity index is 374. The molecule has 2 atom stereocenters. The molecule has 0 aromatic rings. The molecule has 114 valence electrons. The Kier molecular flexibility index (Phi) is 6.40. The molecule has 1 fully saturated rings. The summed E-state index contributed by atoms with van der Waals surface area (Å²) < 4.78 is 9.37. The summed E-state index contributed by atoms with van der Waals surface area (Å²) in [7, 11) is 2.69. The fourth-order valence-electron chi connectivity index (χ4n) is 2.09. The minimum atomic E-state index is -0.742. The molecular weight excluding hydrogens is 266 g/mol. The molecule has 0 saturated carbocycles. The van der Waals surface area contributed by atoms with Gasteiger partial charge in [0, 0.05) is 7.11 Å². The zero-order chi connectivity index (χ0) is 15.1. The Morgan fingerprint density at radius 3 is 2.70 bits per heavy atom. The topological polar surface area (TPSA) is 102 Å². The lowest BCUT2D eigenvalue weighted by molar-refractivity contribution is -0.665. The summed E-state index contributed by atoms with van der Waals surface area (Å²) in [5, 5.41) is 4.52. The number of hydrogen-bond donors (Lipinski definition) is 2. The number of amides is 2. The van der Waals surface area contributed by atoms with Crippen molar-refractivity contribution < 1.29 is 29.2 Å². The molecule has 1 heterocycles. The molecule has 0 bridgehead atoms. The molecule has 0 radical (unpaired) electrons. The predicted octanol–water partition coefficient (Wildman–Crippen LogP) is -2.92. The lowest BCUT2D eigenvalue weighted by Gasteiger charge is -2.33. The van der Waals surface area contributed by atoms with Gasteiger partial charge in [0.15, 0.2) is 6.04 Å². The van der Waals surface area contributed by atoms with Crippen molar-refractivity contribution in [3.63, 3.8) is 0 Å². The van der Waals surface area contributed by atoms with Crippen LogP contribution in [-0.4, -0.2) is 75.2 Å². The van der Waals surface area contributed by atoms with Crippen LogP contribution in [-0.2, 0) is 23.9 Å². The van der Waals surface area contributed by atoms with Crippen LogP contribution in [0, 0.1) is 0 Å². The molecule has 8 nitrogen and oxygen atoms in total. The molecule has 1 aliphatic rings. The summed E-state index contributed by atoms with van der Waals surface area (Å²) >= 11 is 0. The van der Waals surface area contributed by atoms with E-state index in [1.54, 1.807) is 0 Å². The molecule has 1 aliphatic heterocycles. The van der Waals surface area contributed by atoms with E-state index >= 15 is 0 Å². The third-order valence-electron chi connectivity index (χ3n) is 3.14.